The predicted molar refractivity (Wildman–Crippen MR) is 114 cm³/mol. The van der Waals surface area contributed by atoms with Gasteiger partial charge in [0.2, 0.25) is 5.91 Å². The molecular formula is C22H22ClNO4S. The van der Waals surface area contributed by atoms with Crippen LogP contribution < -0.4 is 0 Å². The van der Waals surface area contributed by atoms with Crippen molar-refractivity contribution in [3.8, 4) is 0 Å². The van der Waals surface area contributed by atoms with E-state index >= 15 is 0 Å². The van der Waals surface area contributed by atoms with Crippen molar-refractivity contribution in [2.24, 2.45) is 0 Å². The molecule has 1 saturated heterocycles. The summed E-state index contributed by atoms with van der Waals surface area (Å²) in [6, 6.07) is 10.6. The lowest BCUT2D eigenvalue weighted by molar-refractivity contribution is -0.128. The van der Waals surface area contributed by atoms with Crippen molar-refractivity contribution in [1.82, 2.24) is 4.90 Å². The van der Waals surface area contributed by atoms with E-state index in [9.17, 15) is 14.4 Å². The van der Waals surface area contributed by atoms with E-state index < -0.39 is 5.97 Å². The topological polar surface area (TPSA) is 74.7 Å². The molecule has 29 heavy (non-hydrogen) atoms. The molecule has 1 fully saturated rings. The second kappa shape index (κ2) is 9.85. The van der Waals surface area contributed by atoms with E-state index in [0.717, 1.165) is 23.3 Å². The van der Waals surface area contributed by atoms with Gasteiger partial charge in [-0.25, -0.2) is 4.79 Å². The van der Waals surface area contributed by atoms with Gasteiger partial charge in [-0.2, -0.15) is 0 Å². The van der Waals surface area contributed by atoms with E-state index in [1.807, 2.05) is 29.2 Å². The Morgan fingerprint density at radius 1 is 1.28 bits per heavy atom. The van der Waals surface area contributed by atoms with Crippen molar-refractivity contribution in [2.75, 3.05) is 6.54 Å². The second-order valence-electron chi connectivity index (χ2n) is 7.00. The number of carbonyl (C=O) groups is 3. The van der Waals surface area contributed by atoms with Gasteiger partial charge in [-0.1, -0.05) is 29.8 Å². The number of carboxylic acids is 1. The fourth-order valence-electron chi connectivity index (χ4n) is 3.42. The number of hydrogen-bond donors (Lipinski definition) is 1. The predicted octanol–water partition coefficient (Wildman–Crippen LogP) is 4.39. The second-order valence-corrected chi connectivity index (χ2v) is 8.60. The van der Waals surface area contributed by atoms with E-state index in [2.05, 4.69) is 0 Å². The van der Waals surface area contributed by atoms with Crippen molar-refractivity contribution in [3.63, 3.8) is 0 Å². The lowest BCUT2D eigenvalue weighted by atomic mass is 10.1. The molecule has 3 rings (SSSR count). The summed E-state index contributed by atoms with van der Waals surface area (Å²) < 4.78 is 0. The first-order chi connectivity index (χ1) is 13.9. The number of benzene rings is 1. The lowest BCUT2D eigenvalue weighted by Crippen LogP contribution is -2.33. The van der Waals surface area contributed by atoms with Crippen LogP contribution in [0.15, 0.2) is 48.6 Å². The van der Waals surface area contributed by atoms with Gasteiger partial charge in [0.1, 0.15) is 4.88 Å². The van der Waals surface area contributed by atoms with Crippen molar-refractivity contribution >= 4 is 40.6 Å². The van der Waals surface area contributed by atoms with Crippen LogP contribution in [0.2, 0.25) is 5.02 Å². The number of rotatable bonds is 9. The van der Waals surface area contributed by atoms with Gasteiger partial charge in [0.15, 0.2) is 5.78 Å². The maximum atomic E-state index is 12.2. The van der Waals surface area contributed by atoms with Gasteiger partial charge in [0.25, 0.3) is 0 Å². The number of thiophene rings is 1. The third kappa shape index (κ3) is 6.02. The van der Waals surface area contributed by atoms with E-state index in [1.54, 1.807) is 24.3 Å². The van der Waals surface area contributed by atoms with Crippen LogP contribution in [0.3, 0.4) is 0 Å². The Morgan fingerprint density at radius 3 is 2.83 bits per heavy atom. The molecule has 0 radical (unpaired) electrons. The van der Waals surface area contributed by atoms with Crippen LogP contribution in [0.25, 0.3) is 0 Å². The molecule has 7 heteroatoms. The summed E-state index contributed by atoms with van der Waals surface area (Å²) >= 11 is 7.22. The number of aromatic carboxylic acids is 1. The molecule has 2 heterocycles. The van der Waals surface area contributed by atoms with Crippen LogP contribution >= 0.6 is 22.9 Å². The third-order valence-electron chi connectivity index (χ3n) is 4.84. The van der Waals surface area contributed by atoms with E-state index in [1.165, 1.54) is 11.3 Å². The Kier molecular flexibility index (Phi) is 7.23. The molecular weight excluding hydrogens is 410 g/mol. The number of likely N-dealkylation sites (tertiary alicyclic amines) is 1. The first-order valence-corrected chi connectivity index (χ1v) is 10.7. The molecule has 1 unspecified atom stereocenters. The summed E-state index contributed by atoms with van der Waals surface area (Å²) in [7, 11) is 0. The molecule has 2 aromatic rings. The smallest absolute Gasteiger partial charge is 0.345 e. The molecule has 1 aliphatic heterocycles. The van der Waals surface area contributed by atoms with Crippen LogP contribution in [0.4, 0.5) is 0 Å². The fraction of sp³-hybridized carbons (Fsp3) is 0.318. The molecule has 1 atom stereocenters. The zero-order chi connectivity index (χ0) is 20.8. The van der Waals surface area contributed by atoms with Crippen LogP contribution in [-0.4, -0.2) is 40.3 Å². The number of hydrogen-bond acceptors (Lipinski definition) is 4. The SMILES string of the molecule is O=C(/C=C/C1CCC(=O)N1CCCc1ccc(C(=O)O)s1)Cc1cccc(Cl)c1. The van der Waals surface area contributed by atoms with Gasteiger partial charge in [-0.05, 0) is 55.2 Å². The number of ketones is 1. The molecule has 1 aromatic carbocycles. The first kappa shape index (κ1) is 21.3. The van der Waals surface area contributed by atoms with Gasteiger partial charge in [0.05, 0.1) is 6.04 Å². The first-order valence-electron chi connectivity index (χ1n) is 9.49. The molecule has 1 N–H and O–H groups in total. The van der Waals surface area contributed by atoms with Crippen molar-refractivity contribution in [2.45, 2.75) is 38.1 Å². The molecule has 152 valence electrons. The van der Waals surface area contributed by atoms with E-state index in [0.29, 0.717) is 29.3 Å². The van der Waals surface area contributed by atoms with Gasteiger partial charge in [0, 0.05) is 29.3 Å². The minimum atomic E-state index is -0.913. The van der Waals surface area contributed by atoms with Crippen LogP contribution in [0, 0.1) is 0 Å². The highest BCUT2D eigenvalue weighted by atomic mass is 35.5. The minimum absolute atomic E-state index is 0.0219. The van der Waals surface area contributed by atoms with Gasteiger partial charge in [-0.3, -0.25) is 9.59 Å². The van der Waals surface area contributed by atoms with Crippen LogP contribution in [0.5, 0.6) is 0 Å². The summed E-state index contributed by atoms with van der Waals surface area (Å²) in [4.78, 5) is 38.6. The Bertz CT molecular complexity index is 936. The fourth-order valence-corrected chi connectivity index (χ4v) is 4.52. The zero-order valence-corrected chi connectivity index (χ0v) is 17.4. The van der Waals surface area contributed by atoms with Crippen LogP contribution in [-0.2, 0) is 22.4 Å². The Labute approximate surface area is 178 Å². The maximum Gasteiger partial charge on any atom is 0.345 e. The van der Waals surface area contributed by atoms with Crippen molar-refractivity contribution < 1.29 is 19.5 Å². The van der Waals surface area contributed by atoms with Gasteiger partial charge in [-0.15, -0.1) is 11.3 Å². The normalized spacial score (nSPS) is 16.7. The molecule has 1 aliphatic rings. The zero-order valence-electron chi connectivity index (χ0n) is 15.8. The number of allylic oxidation sites excluding steroid dienone is 1. The highest BCUT2D eigenvalue weighted by molar-refractivity contribution is 7.13. The molecule has 5 nitrogen and oxygen atoms in total. The number of aryl methyl sites for hydroxylation is 1. The molecule has 0 bridgehead atoms. The van der Waals surface area contributed by atoms with Crippen molar-refractivity contribution in [3.05, 3.63) is 68.9 Å². The number of nitrogens with zero attached hydrogens (tertiary/aromatic N) is 1. The largest absolute Gasteiger partial charge is 0.477 e. The Morgan fingerprint density at radius 2 is 2.10 bits per heavy atom. The summed E-state index contributed by atoms with van der Waals surface area (Å²) in [5.74, 6) is -0.839. The number of carbonyl (C=O) groups excluding carboxylic acids is 2. The van der Waals surface area contributed by atoms with Crippen LogP contribution in [0.1, 0.15) is 39.4 Å². The standard InChI is InChI=1S/C22H22ClNO4S/c23-16-4-1-3-15(13-16)14-18(25)8-6-17-7-11-21(26)24(17)12-2-5-19-9-10-20(29-19)22(27)28/h1,3-4,6,8-10,13,17H,2,5,7,11-12,14H2,(H,27,28)/b8-6+. The summed E-state index contributed by atoms with van der Waals surface area (Å²) in [5.41, 5.74) is 0.864. The van der Waals surface area contributed by atoms with Crippen molar-refractivity contribution in [1.29, 1.82) is 0 Å². The summed E-state index contributed by atoms with van der Waals surface area (Å²) in [5, 5.41) is 9.60. The minimum Gasteiger partial charge on any atom is -0.477 e. The highest BCUT2D eigenvalue weighted by Gasteiger charge is 2.28. The van der Waals surface area contributed by atoms with Gasteiger partial charge < -0.3 is 10.0 Å². The average molecular weight is 432 g/mol. The molecule has 1 aromatic heterocycles. The highest BCUT2D eigenvalue weighted by Crippen LogP contribution is 2.22. The number of halogens is 1. The quantitative estimate of drug-likeness (QED) is 0.597. The molecule has 0 spiro atoms. The monoisotopic (exact) mass is 431 g/mol. The number of amides is 1. The Balaban J connectivity index is 1.51. The van der Waals surface area contributed by atoms with E-state index in [4.69, 9.17) is 16.7 Å². The summed E-state index contributed by atoms with van der Waals surface area (Å²) in [6.45, 7) is 0.594. The molecule has 0 saturated carbocycles. The Hall–Kier alpha value is -2.44. The van der Waals surface area contributed by atoms with Gasteiger partial charge >= 0.3 is 5.97 Å². The molecule has 1 amide bonds. The average Bonchev–Trinajstić information content (AvgIpc) is 3.28. The maximum absolute atomic E-state index is 12.2. The third-order valence-corrected chi connectivity index (χ3v) is 6.21. The van der Waals surface area contributed by atoms with E-state index in [-0.39, 0.29) is 24.2 Å². The number of carboxylic acid groups (broad SMARTS) is 1. The molecule has 0 aliphatic carbocycles. The lowest BCUT2D eigenvalue weighted by Gasteiger charge is -2.22. The summed E-state index contributed by atoms with van der Waals surface area (Å²) in [6.07, 6.45) is 6.35.